The monoisotopic (exact) mass is 316 g/mol. The average Bonchev–Trinajstić information content (AvgIpc) is 3.25. The van der Waals surface area contributed by atoms with Crippen LogP contribution < -0.4 is 5.32 Å². The summed E-state index contributed by atoms with van der Waals surface area (Å²) in [6.07, 6.45) is 3.66. The number of piperazine rings is 1. The van der Waals surface area contributed by atoms with E-state index in [-0.39, 0.29) is 22.1 Å². The Hall–Kier alpha value is -0.130. The third-order valence-corrected chi connectivity index (χ3v) is 7.95. The summed E-state index contributed by atoms with van der Waals surface area (Å²) in [5.74, 6) is 1.05. The molecule has 0 radical (unpaired) electrons. The molecule has 1 aliphatic heterocycles. The second-order valence-corrected chi connectivity index (χ2v) is 10.4. The minimum atomic E-state index is -2.96. The molecule has 21 heavy (non-hydrogen) atoms. The molecule has 0 aromatic heterocycles. The van der Waals surface area contributed by atoms with Gasteiger partial charge in [-0.2, -0.15) is 0 Å². The Morgan fingerprint density at radius 3 is 2.38 bits per heavy atom. The van der Waals surface area contributed by atoms with Crippen LogP contribution in [0.2, 0.25) is 0 Å². The maximum Gasteiger partial charge on any atom is 0.153 e. The summed E-state index contributed by atoms with van der Waals surface area (Å²) in [6.45, 7) is 12.9. The van der Waals surface area contributed by atoms with Gasteiger partial charge in [0.05, 0.1) is 11.0 Å². The van der Waals surface area contributed by atoms with Gasteiger partial charge in [0.1, 0.15) is 0 Å². The molecule has 124 valence electrons. The first-order valence-corrected chi connectivity index (χ1v) is 10.1. The molecule has 2 fully saturated rings. The lowest BCUT2D eigenvalue weighted by Crippen LogP contribution is -2.69. The number of nitrogens with one attached hydrogen (secondary N) is 1. The highest BCUT2D eigenvalue weighted by Gasteiger charge is 2.48. The van der Waals surface area contributed by atoms with Crippen LogP contribution in [0.15, 0.2) is 0 Å². The lowest BCUT2D eigenvalue weighted by atomic mass is 9.84. The first-order chi connectivity index (χ1) is 9.63. The number of hydrogen-bond acceptors (Lipinski definition) is 4. The largest absolute Gasteiger partial charge is 0.308 e. The normalized spacial score (nSPS) is 35.3. The summed E-state index contributed by atoms with van der Waals surface area (Å²) in [5.41, 5.74) is 0.233. The Kier molecular flexibility index (Phi) is 4.77. The van der Waals surface area contributed by atoms with E-state index >= 15 is 0 Å². The van der Waals surface area contributed by atoms with Crippen LogP contribution in [0.5, 0.6) is 0 Å². The Balaban J connectivity index is 2.08. The zero-order valence-corrected chi connectivity index (χ0v) is 15.1. The Morgan fingerprint density at radius 2 is 1.90 bits per heavy atom. The number of hydrogen-bond donors (Lipinski definition) is 1. The molecule has 0 aromatic rings. The quantitative estimate of drug-likeness (QED) is 0.815. The van der Waals surface area contributed by atoms with Gasteiger partial charge in [0.15, 0.2) is 9.84 Å². The predicted molar refractivity (Wildman–Crippen MR) is 88.3 cm³/mol. The van der Waals surface area contributed by atoms with Crippen LogP contribution in [0.4, 0.5) is 0 Å². The third-order valence-electron chi connectivity index (χ3n) is 5.76. The molecule has 1 heterocycles. The first-order valence-electron chi connectivity index (χ1n) is 8.34. The van der Waals surface area contributed by atoms with E-state index in [2.05, 4.69) is 31.0 Å². The topological polar surface area (TPSA) is 49.4 Å². The summed E-state index contributed by atoms with van der Waals surface area (Å²) >= 11 is 0. The van der Waals surface area contributed by atoms with Crippen LogP contribution in [0.1, 0.15) is 53.9 Å². The van der Waals surface area contributed by atoms with Crippen molar-refractivity contribution in [2.24, 2.45) is 5.92 Å². The highest BCUT2D eigenvalue weighted by molar-refractivity contribution is 7.92. The SMILES string of the molecule is CCC1(C)CNC(C)(C2CC2)CN1CCS(=O)(=O)C(C)C. The Labute approximate surface area is 130 Å². The van der Waals surface area contributed by atoms with Gasteiger partial charge in [-0.1, -0.05) is 6.92 Å². The lowest BCUT2D eigenvalue weighted by molar-refractivity contribution is 0.0155. The molecule has 0 aromatic carbocycles. The van der Waals surface area contributed by atoms with E-state index in [1.165, 1.54) is 12.8 Å². The fourth-order valence-electron chi connectivity index (χ4n) is 3.31. The van der Waals surface area contributed by atoms with Crippen LogP contribution in [0.25, 0.3) is 0 Å². The molecule has 2 rings (SSSR count). The van der Waals surface area contributed by atoms with E-state index in [1.807, 2.05) is 0 Å². The molecular weight excluding hydrogens is 284 g/mol. The van der Waals surface area contributed by atoms with Gasteiger partial charge in [-0.25, -0.2) is 8.42 Å². The maximum absolute atomic E-state index is 12.1. The van der Waals surface area contributed by atoms with Crippen LogP contribution >= 0.6 is 0 Å². The molecule has 2 atom stereocenters. The summed E-state index contributed by atoms with van der Waals surface area (Å²) in [5, 5.41) is 3.48. The van der Waals surface area contributed by atoms with E-state index < -0.39 is 9.84 Å². The first kappa shape index (κ1) is 17.2. The van der Waals surface area contributed by atoms with Gasteiger partial charge in [-0.05, 0) is 52.9 Å². The average molecular weight is 317 g/mol. The highest BCUT2D eigenvalue weighted by Crippen LogP contribution is 2.42. The maximum atomic E-state index is 12.1. The van der Waals surface area contributed by atoms with Crippen molar-refractivity contribution in [2.45, 2.75) is 70.2 Å². The van der Waals surface area contributed by atoms with Gasteiger partial charge in [-0.15, -0.1) is 0 Å². The van der Waals surface area contributed by atoms with Gasteiger partial charge in [0.2, 0.25) is 0 Å². The molecule has 0 bridgehead atoms. The zero-order valence-electron chi connectivity index (χ0n) is 14.3. The number of nitrogens with zero attached hydrogens (tertiary/aromatic N) is 1. The fraction of sp³-hybridized carbons (Fsp3) is 1.00. The van der Waals surface area contributed by atoms with Crippen molar-refractivity contribution in [3.63, 3.8) is 0 Å². The number of rotatable bonds is 6. The van der Waals surface area contributed by atoms with Crippen molar-refractivity contribution in [3.05, 3.63) is 0 Å². The van der Waals surface area contributed by atoms with Crippen LogP contribution in [0.3, 0.4) is 0 Å². The van der Waals surface area contributed by atoms with Gasteiger partial charge < -0.3 is 5.32 Å². The molecule has 0 amide bonds. The molecule has 2 aliphatic rings. The summed E-state index contributed by atoms with van der Waals surface area (Å²) in [6, 6.07) is 0. The molecule has 0 spiro atoms. The second kappa shape index (κ2) is 5.82. The van der Waals surface area contributed by atoms with E-state index in [1.54, 1.807) is 13.8 Å². The minimum absolute atomic E-state index is 0.0703. The molecule has 1 N–H and O–H groups in total. The molecule has 1 saturated heterocycles. The van der Waals surface area contributed by atoms with Crippen molar-refractivity contribution in [3.8, 4) is 0 Å². The molecule has 4 nitrogen and oxygen atoms in total. The van der Waals surface area contributed by atoms with E-state index in [0.29, 0.717) is 6.54 Å². The minimum Gasteiger partial charge on any atom is -0.308 e. The number of sulfone groups is 1. The summed E-state index contributed by atoms with van der Waals surface area (Å²) in [7, 11) is -2.96. The van der Waals surface area contributed by atoms with Crippen molar-refractivity contribution < 1.29 is 8.42 Å². The van der Waals surface area contributed by atoms with Crippen molar-refractivity contribution >= 4 is 9.84 Å². The second-order valence-electron chi connectivity index (χ2n) is 7.73. The zero-order chi connectivity index (χ0) is 15.9. The fourth-order valence-corrected chi connectivity index (χ4v) is 4.26. The molecular formula is C16H32N2O2S. The Morgan fingerprint density at radius 1 is 1.29 bits per heavy atom. The summed E-state index contributed by atoms with van der Waals surface area (Å²) in [4.78, 5) is 2.43. The third kappa shape index (κ3) is 3.62. The van der Waals surface area contributed by atoms with Crippen LogP contribution in [-0.4, -0.2) is 55.0 Å². The Bertz CT molecular complexity index is 473. The van der Waals surface area contributed by atoms with Crippen molar-refractivity contribution in [1.29, 1.82) is 0 Å². The van der Waals surface area contributed by atoms with Crippen LogP contribution in [-0.2, 0) is 9.84 Å². The smallest absolute Gasteiger partial charge is 0.153 e. The van der Waals surface area contributed by atoms with Crippen LogP contribution in [0, 0.1) is 5.92 Å². The van der Waals surface area contributed by atoms with Gasteiger partial charge in [0.25, 0.3) is 0 Å². The molecule has 2 unspecified atom stereocenters. The van der Waals surface area contributed by atoms with Gasteiger partial charge >= 0.3 is 0 Å². The van der Waals surface area contributed by atoms with E-state index in [9.17, 15) is 8.42 Å². The summed E-state index contributed by atoms with van der Waals surface area (Å²) < 4.78 is 24.3. The van der Waals surface area contributed by atoms with Crippen molar-refractivity contribution in [1.82, 2.24) is 10.2 Å². The van der Waals surface area contributed by atoms with Crippen molar-refractivity contribution in [2.75, 3.05) is 25.4 Å². The predicted octanol–water partition coefficient (Wildman–Crippen LogP) is 2.05. The molecule has 5 heteroatoms. The highest BCUT2D eigenvalue weighted by atomic mass is 32.2. The lowest BCUT2D eigenvalue weighted by Gasteiger charge is -2.52. The molecule has 1 aliphatic carbocycles. The standard InChI is InChI=1S/C16H32N2O2S/c1-6-15(4)11-17-16(5,14-7-8-14)12-18(15)9-10-21(19,20)13(2)3/h13-14,17H,6-12H2,1-5H3. The van der Waals surface area contributed by atoms with E-state index in [0.717, 1.165) is 25.4 Å². The van der Waals surface area contributed by atoms with E-state index in [4.69, 9.17) is 0 Å². The molecule has 1 saturated carbocycles. The van der Waals surface area contributed by atoms with Gasteiger partial charge in [0, 0.05) is 30.7 Å². The van der Waals surface area contributed by atoms with Gasteiger partial charge in [-0.3, -0.25) is 4.90 Å².